The van der Waals surface area contributed by atoms with Crippen molar-refractivity contribution < 1.29 is 32.1 Å². The number of hydroxylamine groups is 2. The zero-order valence-corrected chi connectivity index (χ0v) is 31.7. The molecule has 0 aliphatic carbocycles. The van der Waals surface area contributed by atoms with Crippen LogP contribution < -0.4 is 5.69 Å². The first-order valence-electron chi connectivity index (χ1n) is 17.0. The minimum Gasteiger partial charge on any atom is -0.443 e. The molecule has 1 aromatic carbocycles. The molecule has 0 spiro atoms. The maximum atomic E-state index is 13.8. The maximum absolute atomic E-state index is 13.8. The summed E-state index contributed by atoms with van der Waals surface area (Å²) in [6.07, 6.45) is 1.15. The number of hydrogen-bond donors (Lipinski definition) is 0. The van der Waals surface area contributed by atoms with Crippen LogP contribution in [0.4, 0.5) is 4.79 Å². The standard InChI is InChI=1S/C33H48N6O8Si2/c1-21(2)48(22(3)4)43-18-33-17-39(32(41)42-16-26-13-11-10-12-14-26)45-27(28(33)46-49(47-48,23(5)6)24(7)8)30(44-33)37-15-25(9)29(36-31(37)40)38-20-34-19-35-38/h10-15,19-24,27-28,30H,16-18H2,1-9H3/t27-,28?,30+,33+/m0/s1. The van der Waals surface area contributed by atoms with E-state index in [4.69, 9.17) is 27.3 Å². The molecule has 0 saturated carbocycles. The molecule has 3 saturated heterocycles. The fraction of sp³-hybridized carbons (Fsp3) is 0.606. The van der Waals surface area contributed by atoms with Crippen LogP contribution in [0, 0.1) is 6.92 Å². The van der Waals surface area contributed by atoms with E-state index in [0.29, 0.717) is 11.4 Å². The van der Waals surface area contributed by atoms with E-state index in [9.17, 15) is 9.59 Å². The maximum Gasteiger partial charge on any atom is 0.434 e. The van der Waals surface area contributed by atoms with Gasteiger partial charge >= 0.3 is 28.9 Å². The van der Waals surface area contributed by atoms with E-state index in [1.807, 2.05) is 37.3 Å². The molecular formula is C33H48N6O8Si2. The van der Waals surface area contributed by atoms with Gasteiger partial charge in [-0.25, -0.2) is 19.3 Å². The minimum atomic E-state index is -3.13. The average Bonchev–Trinajstić information content (AvgIpc) is 3.63. The molecular weight excluding hydrogens is 665 g/mol. The van der Waals surface area contributed by atoms with Crippen molar-refractivity contribution >= 4 is 23.2 Å². The molecule has 14 nitrogen and oxygen atoms in total. The van der Waals surface area contributed by atoms with Crippen molar-refractivity contribution in [3.63, 3.8) is 0 Å². The molecule has 2 bridgehead atoms. The van der Waals surface area contributed by atoms with Crippen LogP contribution in [-0.2, 0) is 33.9 Å². The number of carbonyl (C=O) groups is 1. The van der Waals surface area contributed by atoms with Gasteiger partial charge in [0.05, 0.1) is 13.2 Å². The van der Waals surface area contributed by atoms with Crippen LogP contribution >= 0.6 is 0 Å². The van der Waals surface area contributed by atoms with Gasteiger partial charge in [0.25, 0.3) is 0 Å². The highest BCUT2D eigenvalue weighted by Crippen LogP contribution is 2.53. The van der Waals surface area contributed by atoms with E-state index in [-0.39, 0.29) is 41.9 Å². The average molecular weight is 713 g/mol. The highest BCUT2D eigenvalue weighted by atomic mass is 28.5. The predicted octanol–water partition coefficient (Wildman–Crippen LogP) is 5.31. The molecule has 0 N–H and O–H groups in total. The lowest BCUT2D eigenvalue weighted by atomic mass is 9.94. The van der Waals surface area contributed by atoms with E-state index in [0.717, 1.165) is 5.56 Å². The summed E-state index contributed by atoms with van der Waals surface area (Å²) in [7, 11) is -6.11. The third-order valence-corrected chi connectivity index (χ3v) is 20.1. The zero-order valence-electron chi connectivity index (χ0n) is 29.7. The van der Waals surface area contributed by atoms with Crippen molar-refractivity contribution in [2.24, 2.45) is 0 Å². The summed E-state index contributed by atoms with van der Waals surface area (Å²) in [5.41, 5.74) is -0.0495. The Morgan fingerprint density at radius 1 is 1.02 bits per heavy atom. The minimum absolute atomic E-state index is 0.0379. The molecule has 3 fully saturated rings. The first kappa shape index (κ1) is 35.6. The summed E-state index contributed by atoms with van der Waals surface area (Å²) in [6, 6.07) is 9.43. The number of rotatable bonds is 8. The van der Waals surface area contributed by atoms with E-state index >= 15 is 0 Å². The number of ether oxygens (including phenoxy) is 2. The molecule has 2 aromatic heterocycles. The normalized spacial score (nSPS) is 26.2. The third-order valence-electron chi connectivity index (χ3n) is 9.93. The predicted molar refractivity (Wildman–Crippen MR) is 183 cm³/mol. The molecule has 266 valence electrons. The summed E-state index contributed by atoms with van der Waals surface area (Å²) in [5.74, 6) is 0.347. The van der Waals surface area contributed by atoms with Crippen LogP contribution in [0.1, 0.15) is 72.7 Å². The fourth-order valence-corrected chi connectivity index (χ4v) is 18.7. The number of nitrogens with zero attached hydrogens (tertiary/aromatic N) is 6. The Hall–Kier alpha value is -3.26. The number of hydrogen-bond acceptors (Lipinski definition) is 11. The number of aryl methyl sites for hydroxylation is 1. The van der Waals surface area contributed by atoms with Crippen molar-refractivity contribution in [2.45, 2.75) is 115 Å². The monoisotopic (exact) mass is 712 g/mol. The number of aromatic nitrogens is 5. The quantitative estimate of drug-likeness (QED) is 0.281. The Balaban J connectivity index is 1.45. The van der Waals surface area contributed by atoms with Gasteiger partial charge in [-0.05, 0) is 34.7 Å². The summed E-state index contributed by atoms with van der Waals surface area (Å²) in [5, 5.41) is 5.34. The summed E-state index contributed by atoms with van der Waals surface area (Å²) < 4.78 is 37.4. The van der Waals surface area contributed by atoms with Gasteiger partial charge in [-0.1, -0.05) is 85.7 Å². The first-order chi connectivity index (χ1) is 23.2. The van der Waals surface area contributed by atoms with E-state index < -0.39 is 52.9 Å². The van der Waals surface area contributed by atoms with Crippen molar-refractivity contribution in [3.05, 3.63) is 70.8 Å². The molecule has 3 aliphatic rings. The van der Waals surface area contributed by atoms with Crippen molar-refractivity contribution in [1.29, 1.82) is 0 Å². The Morgan fingerprint density at radius 2 is 1.69 bits per heavy atom. The number of carbonyl (C=O) groups excluding carboxylic acids is 1. The molecule has 1 unspecified atom stereocenters. The van der Waals surface area contributed by atoms with Gasteiger partial charge < -0.3 is 22.4 Å². The van der Waals surface area contributed by atoms with Gasteiger partial charge in [-0.2, -0.15) is 15.1 Å². The topological polar surface area (TPSA) is 141 Å². The van der Waals surface area contributed by atoms with E-state index in [2.05, 4.69) is 70.5 Å². The molecule has 0 radical (unpaired) electrons. The van der Waals surface area contributed by atoms with Gasteiger partial charge in [-0.15, -0.1) is 0 Å². The van der Waals surface area contributed by atoms with Crippen LogP contribution in [0.25, 0.3) is 5.82 Å². The molecule has 16 heteroatoms. The highest BCUT2D eigenvalue weighted by Gasteiger charge is 2.69. The van der Waals surface area contributed by atoms with Crippen LogP contribution in [0.5, 0.6) is 0 Å². The first-order valence-corrected chi connectivity index (χ1v) is 21.0. The van der Waals surface area contributed by atoms with Gasteiger partial charge in [0.15, 0.2) is 18.1 Å². The number of benzene rings is 1. The lowest BCUT2D eigenvalue weighted by Crippen LogP contribution is -2.71. The zero-order chi connectivity index (χ0) is 35.3. The molecule has 5 heterocycles. The molecule has 3 aliphatic heterocycles. The molecule has 6 rings (SSSR count). The molecule has 3 aromatic rings. The summed E-state index contributed by atoms with van der Waals surface area (Å²) >= 11 is 0. The van der Waals surface area contributed by atoms with Crippen LogP contribution in [0.3, 0.4) is 0 Å². The molecule has 4 atom stereocenters. The second kappa shape index (κ2) is 13.5. The Morgan fingerprint density at radius 3 is 2.31 bits per heavy atom. The van der Waals surface area contributed by atoms with E-state index in [1.54, 1.807) is 6.20 Å². The smallest absolute Gasteiger partial charge is 0.434 e. The summed E-state index contributed by atoms with van der Waals surface area (Å²) in [6.45, 7) is 19.0. The lowest BCUT2D eigenvalue weighted by molar-refractivity contribution is -0.249. The van der Waals surface area contributed by atoms with Crippen LogP contribution in [0.2, 0.25) is 22.2 Å². The summed E-state index contributed by atoms with van der Waals surface area (Å²) in [4.78, 5) is 42.3. The van der Waals surface area contributed by atoms with Crippen molar-refractivity contribution in [1.82, 2.24) is 29.4 Å². The lowest BCUT2D eigenvalue weighted by Gasteiger charge is -2.55. The second-order valence-corrected chi connectivity index (χ2v) is 23.3. The van der Waals surface area contributed by atoms with Gasteiger partial charge in [0, 0.05) is 11.8 Å². The van der Waals surface area contributed by atoms with Gasteiger partial charge in [0.2, 0.25) is 0 Å². The largest absolute Gasteiger partial charge is 0.443 e. The Bertz CT molecular complexity index is 1670. The van der Waals surface area contributed by atoms with Crippen LogP contribution in [0.15, 0.2) is 54.0 Å². The Kier molecular flexibility index (Phi) is 9.77. The molecule has 49 heavy (non-hydrogen) atoms. The highest BCUT2D eigenvalue weighted by molar-refractivity contribution is 6.84. The third kappa shape index (κ3) is 6.21. The second-order valence-electron chi connectivity index (χ2n) is 14.5. The van der Waals surface area contributed by atoms with Crippen molar-refractivity contribution in [2.75, 3.05) is 13.2 Å². The van der Waals surface area contributed by atoms with Gasteiger partial charge in [-0.3, -0.25) is 9.40 Å². The van der Waals surface area contributed by atoms with Gasteiger partial charge in [0.1, 0.15) is 31.0 Å². The van der Waals surface area contributed by atoms with Crippen molar-refractivity contribution in [3.8, 4) is 5.82 Å². The number of amides is 1. The molecule has 1 amide bonds. The Labute approximate surface area is 289 Å². The fourth-order valence-electron chi connectivity index (χ4n) is 7.37. The van der Waals surface area contributed by atoms with Crippen LogP contribution in [-0.4, -0.2) is 83.6 Å². The van der Waals surface area contributed by atoms with E-state index in [1.165, 1.54) is 27.0 Å². The SMILES string of the molecule is Cc1cn([C@@H]2O[C@]34CO[Si](C(C)C)(C(C)C)O[Si](C(C)C)(C(C)C)OC3[C@@H]2ON(C(=O)OCc2ccccc2)C4)c(=O)nc1-n1cncn1.